The number of hydrogen-bond acceptors (Lipinski definition) is 2. The van der Waals surface area contributed by atoms with Crippen molar-refractivity contribution in [1.82, 2.24) is 0 Å². The van der Waals surface area contributed by atoms with Crippen LogP contribution in [-0.2, 0) is 0 Å². The van der Waals surface area contributed by atoms with Gasteiger partial charge in [-0.2, -0.15) is 0 Å². The van der Waals surface area contributed by atoms with Gasteiger partial charge in [0.15, 0.2) is 0 Å². The first-order valence-corrected chi connectivity index (χ1v) is 5.13. The first kappa shape index (κ1) is 10.9. The molecule has 14 heavy (non-hydrogen) atoms. The molecule has 78 valence electrons. The third kappa shape index (κ3) is 3.69. The lowest BCUT2D eigenvalue weighted by Gasteiger charge is -2.06. The maximum Gasteiger partial charge on any atom is 0.119 e. The van der Waals surface area contributed by atoms with Gasteiger partial charge in [0.2, 0.25) is 0 Å². The molecule has 0 N–H and O–H groups in total. The van der Waals surface area contributed by atoms with Gasteiger partial charge in [-0.15, -0.1) is 0 Å². The van der Waals surface area contributed by atoms with Crippen LogP contribution in [0.1, 0.15) is 26.2 Å². The summed E-state index contributed by atoms with van der Waals surface area (Å²) in [7, 11) is 1.66. The molecule has 0 amide bonds. The van der Waals surface area contributed by atoms with Crippen molar-refractivity contribution in [3.8, 4) is 11.5 Å². The molecule has 1 aromatic carbocycles. The van der Waals surface area contributed by atoms with E-state index in [1.54, 1.807) is 7.11 Å². The van der Waals surface area contributed by atoms with Gasteiger partial charge in [0.1, 0.15) is 11.5 Å². The second kappa shape index (κ2) is 6.30. The Hall–Kier alpha value is -1.18. The van der Waals surface area contributed by atoms with E-state index in [4.69, 9.17) is 9.47 Å². The van der Waals surface area contributed by atoms with Crippen LogP contribution in [0.3, 0.4) is 0 Å². The van der Waals surface area contributed by atoms with Crippen LogP contribution in [0.25, 0.3) is 0 Å². The van der Waals surface area contributed by atoms with Gasteiger partial charge in [-0.25, -0.2) is 0 Å². The average Bonchev–Trinajstić information content (AvgIpc) is 2.25. The van der Waals surface area contributed by atoms with E-state index in [-0.39, 0.29) is 0 Å². The highest BCUT2D eigenvalue weighted by Gasteiger charge is 1.94. The SMILES string of the molecule is CCCCCOc1ccc(OC)cc1. The average molecular weight is 194 g/mol. The van der Waals surface area contributed by atoms with Gasteiger partial charge in [-0.1, -0.05) is 19.8 Å². The van der Waals surface area contributed by atoms with Crippen molar-refractivity contribution in [3.63, 3.8) is 0 Å². The minimum absolute atomic E-state index is 0.806. The van der Waals surface area contributed by atoms with Crippen LogP contribution in [0.5, 0.6) is 11.5 Å². The number of methoxy groups -OCH3 is 1. The van der Waals surface area contributed by atoms with E-state index in [1.165, 1.54) is 12.8 Å². The summed E-state index contributed by atoms with van der Waals surface area (Å²) in [6.07, 6.45) is 3.59. The van der Waals surface area contributed by atoms with Crippen molar-refractivity contribution in [2.24, 2.45) is 0 Å². The van der Waals surface area contributed by atoms with Gasteiger partial charge in [0.05, 0.1) is 13.7 Å². The molecular formula is C12H18O2. The van der Waals surface area contributed by atoms with Crippen molar-refractivity contribution < 1.29 is 9.47 Å². The van der Waals surface area contributed by atoms with E-state index in [0.29, 0.717) is 0 Å². The summed E-state index contributed by atoms with van der Waals surface area (Å²) in [4.78, 5) is 0. The number of unbranched alkanes of at least 4 members (excludes halogenated alkanes) is 2. The van der Waals surface area contributed by atoms with Crippen molar-refractivity contribution in [2.75, 3.05) is 13.7 Å². The van der Waals surface area contributed by atoms with Gasteiger partial charge in [-0.05, 0) is 30.7 Å². The topological polar surface area (TPSA) is 18.5 Å². The van der Waals surface area contributed by atoms with Crippen molar-refractivity contribution >= 4 is 0 Å². The fourth-order valence-corrected chi connectivity index (χ4v) is 1.21. The number of rotatable bonds is 6. The molecule has 0 saturated carbocycles. The largest absolute Gasteiger partial charge is 0.497 e. The summed E-state index contributed by atoms with van der Waals surface area (Å²) in [5.74, 6) is 1.79. The monoisotopic (exact) mass is 194 g/mol. The summed E-state index contributed by atoms with van der Waals surface area (Å²) >= 11 is 0. The van der Waals surface area contributed by atoms with Crippen LogP contribution >= 0.6 is 0 Å². The van der Waals surface area contributed by atoms with Crippen molar-refractivity contribution in [2.45, 2.75) is 26.2 Å². The summed E-state index contributed by atoms with van der Waals surface area (Å²) in [5, 5.41) is 0. The molecule has 2 heteroatoms. The molecule has 0 unspecified atom stereocenters. The van der Waals surface area contributed by atoms with E-state index >= 15 is 0 Å². The van der Waals surface area contributed by atoms with Gasteiger partial charge in [0, 0.05) is 0 Å². The highest BCUT2D eigenvalue weighted by molar-refractivity contribution is 5.30. The lowest BCUT2D eigenvalue weighted by molar-refractivity contribution is 0.305. The second-order valence-electron chi connectivity index (χ2n) is 3.23. The van der Waals surface area contributed by atoms with Gasteiger partial charge < -0.3 is 9.47 Å². The molecule has 0 heterocycles. The van der Waals surface area contributed by atoms with E-state index in [9.17, 15) is 0 Å². The molecule has 0 atom stereocenters. The molecule has 0 saturated heterocycles. The summed E-state index contributed by atoms with van der Waals surface area (Å²) < 4.78 is 10.6. The molecule has 1 rings (SSSR count). The minimum atomic E-state index is 0.806. The third-order valence-electron chi connectivity index (χ3n) is 2.08. The predicted octanol–water partition coefficient (Wildman–Crippen LogP) is 3.26. The van der Waals surface area contributed by atoms with Gasteiger partial charge >= 0.3 is 0 Å². The van der Waals surface area contributed by atoms with Crippen LogP contribution in [-0.4, -0.2) is 13.7 Å². The van der Waals surface area contributed by atoms with Gasteiger partial charge in [-0.3, -0.25) is 0 Å². The van der Waals surface area contributed by atoms with Crippen molar-refractivity contribution in [3.05, 3.63) is 24.3 Å². The number of benzene rings is 1. The highest BCUT2D eigenvalue weighted by Crippen LogP contribution is 2.17. The van der Waals surface area contributed by atoms with Gasteiger partial charge in [0.25, 0.3) is 0 Å². The standard InChI is InChI=1S/C12H18O2/c1-3-4-5-10-14-12-8-6-11(13-2)7-9-12/h6-9H,3-5,10H2,1-2H3. The Kier molecular flexibility index (Phi) is 4.90. The Balaban J connectivity index is 2.29. The van der Waals surface area contributed by atoms with E-state index < -0.39 is 0 Å². The fourth-order valence-electron chi connectivity index (χ4n) is 1.21. The molecule has 0 spiro atoms. The summed E-state index contributed by atoms with van der Waals surface area (Å²) in [6, 6.07) is 7.69. The molecule has 0 aromatic heterocycles. The zero-order valence-corrected chi connectivity index (χ0v) is 8.95. The van der Waals surface area contributed by atoms with Crippen molar-refractivity contribution in [1.29, 1.82) is 0 Å². The van der Waals surface area contributed by atoms with Crippen LogP contribution in [0, 0.1) is 0 Å². The lowest BCUT2D eigenvalue weighted by Crippen LogP contribution is -1.96. The molecule has 0 aliphatic carbocycles. The number of ether oxygens (including phenoxy) is 2. The smallest absolute Gasteiger partial charge is 0.119 e. The van der Waals surface area contributed by atoms with E-state index in [0.717, 1.165) is 24.5 Å². The summed E-state index contributed by atoms with van der Waals surface area (Å²) in [6.45, 7) is 2.99. The Morgan fingerprint density at radius 1 is 1.00 bits per heavy atom. The molecule has 2 nitrogen and oxygen atoms in total. The molecule has 0 aliphatic rings. The fraction of sp³-hybridized carbons (Fsp3) is 0.500. The maximum atomic E-state index is 5.55. The van der Waals surface area contributed by atoms with E-state index in [2.05, 4.69) is 6.92 Å². The van der Waals surface area contributed by atoms with E-state index in [1.807, 2.05) is 24.3 Å². The molecule has 0 fully saturated rings. The normalized spacial score (nSPS) is 9.86. The molecule has 0 radical (unpaired) electrons. The Bertz CT molecular complexity index is 241. The maximum absolute atomic E-state index is 5.55. The van der Waals surface area contributed by atoms with Crippen LogP contribution in [0.15, 0.2) is 24.3 Å². The number of hydrogen-bond donors (Lipinski definition) is 0. The highest BCUT2D eigenvalue weighted by atomic mass is 16.5. The van der Waals surface area contributed by atoms with Crippen LogP contribution in [0.2, 0.25) is 0 Å². The second-order valence-corrected chi connectivity index (χ2v) is 3.23. The Morgan fingerprint density at radius 3 is 2.21 bits per heavy atom. The predicted molar refractivity (Wildman–Crippen MR) is 58.0 cm³/mol. The molecule has 1 aromatic rings. The van der Waals surface area contributed by atoms with Crippen LogP contribution in [0.4, 0.5) is 0 Å². The Morgan fingerprint density at radius 2 is 1.64 bits per heavy atom. The molecule has 0 bridgehead atoms. The zero-order chi connectivity index (χ0) is 10.2. The third-order valence-corrected chi connectivity index (χ3v) is 2.08. The molecule has 0 aliphatic heterocycles. The molecular weight excluding hydrogens is 176 g/mol. The summed E-state index contributed by atoms with van der Waals surface area (Å²) in [5.41, 5.74) is 0. The quantitative estimate of drug-likeness (QED) is 0.647. The first-order valence-electron chi connectivity index (χ1n) is 5.13. The first-order chi connectivity index (χ1) is 6.86. The minimum Gasteiger partial charge on any atom is -0.497 e. The zero-order valence-electron chi connectivity index (χ0n) is 8.95. The lowest BCUT2D eigenvalue weighted by atomic mass is 10.3. The Labute approximate surface area is 85.8 Å². The van der Waals surface area contributed by atoms with Crippen LogP contribution < -0.4 is 9.47 Å².